The van der Waals surface area contributed by atoms with Crippen LogP contribution in [-0.4, -0.2) is 18.6 Å². The number of para-hydroxylation sites is 1. The second-order valence-electron chi connectivity index (χ2n) is 6.49. The highest BCUT2D eigenvalue weighted by molar-refractivity contribution is 5.94. The molecule has 25 heavy (non-hydrogen) atoms. The largest absolute Gasteiger partial charge is 0.497 e. The number of amides is 1. The van der Waals surface area contributed by atoms with Gasteiger partial charge < -0.3 is 14.8 Å². The number of hydrogen-bond acceptors (Lipinski definition) is 3. The van der Waals surface area contributed by atoms with E-state index in [1.807, 2.05) is 36.4 Å². The predicted octanol–water partition coefficient (Wildman–Crippen LogP) is 4.51. The first kappa shape index (κ1) is 17.3. The minimum absolute atomic E-state index is 0.0662. The molecule has 1 amide bonds. The summed E-state index contributed by atoms with van der Waals surface area (Å²) in [7, 11) is 1.60. The van der Waals surface area contributed by atoms with E-state index < -0.39 is 0 Å². The molecule has 4 nitrogen and oxygen atoms in total. The van der Waals surface area contributed by atoms with E-state index in [2.05, 4.69) is 19.2 Å². The molecule has 0 aromatic heterocycles. The van der Waals surface area contributed by atoms with Gasteiger partial charge in [0.25, 0.3) is 5.91 Å². The second-order valence-corrected chi connectivity index (χ2v) is 6.49. The van der Waals surface area contributed by atoms with Crippen molar-refractivity contribution in [2.75, 3.05) is 7.11 Å². The van der Waals surface area contributed by atoms with E-state index in [9.17, 15) is 4.79 Å². The van der Waals surface area contributed by atoms with Crippen molar-refractivity contribution in [3.63, 3.8) is 0 Å². The quantitative estimate of drug-likeness (QED) is 0.872. The van der Waals surface area contributed by atoms with Gasteiger partial charge in [-0.05, 0) is 37.1 Å². The Kier molecular flexibility index (Phi) is 4.98. The molecule has 0 saturated heterocycles. The predicted molar refractivity (Wildman–Crippen MR) is 98.2 cm³/mol. The second kappa shape index (κ2) is 7.18. The van der Waals surface area contributed by atoms with Crippen molar-refractivity contribution in [1.29, 1.82) is 0 Å². The molecule has 4 heteroatoms. The molecule has 1 atom stereocenters. The number of fused-ring (bicyclic) bond motifs is 1. The lowest BCUT2D eigenvalue weighted by atomic mass is 9.83. The van der Waals surface area contributed by atoms with E-state index in [0.29, 0.717) is 11.3 Å². The maximum absolute atomic E-state index is 12.8. The molecule has 1 heterocycles. The lowest BCUT2D eigenvalue weighted by Crippen LogP contribution is -2.44. The molecule has 1 aliphatic rings. The zero-order valence-corrected chi connectivity index (χ0v) is 15.0. The van der Waals surface area contributed by atoms with Crippen LogP contribution in [0, 0.1) is 0 Å². The number of hydrogen-bond donors (Lipinski definition) is 1. The SMILES string of the molecule is CCC1(CC)C[C@H](NC(=O)c2cccc(OC)c2)c2ccccc2O1. The van der Waals surface area contributed by atoms with Gasteiger partial charge in [-0.15, -0.1) is 0 Å². The van der Waals surface area contributed by atoms with Crippen molar-refractivity contribution in [2.24, 2.45) is 0 Å². The molecule has 132 valence electrons. The van der Waals surface area contributed by atoms with Gasteiger partial charge in [-0.1, -0.05) is 38.1 Å². The third-order valence-corrected chi connectivity index (χ3v) is 5.12. The van der Waals surface area contributed by atoms with Gasteiger partial charge in [0.1, 0.15) is 17.1 Å². The molecule has 3 rings (SSSR count). The topological polar surface area (TPSA) is 47.6 Å². The van der Waals surface area contributed by atoms with Crippen LogP contribution < -0.4 is 14.8 Å². The Morgan fingerprint density at radius 3 is 2.68 bits per heavy atom. The Bertz CT molecular complexity index is 752. The average Bonchev–Trinajstić information content (AvgIpc) is 2.67. The third-order valence-electron chi connectivity index (χ3n) is 5.12. The maximum atomic E-state index is 12.8. The van der Waals surface area contributed by atoms with Crippen LogP contribution in [-0.2, 0) is 0 Å². The van der Waals surface area contributed by atoms with Crippen molar-refractivity contribution in [2.45, 2.75) is 44.8 Å². The summed E-state index contributed by atoms with van der Waals surface area (Å²) in [6.45, 7) is 4.27. The molecule has 1 aliphatic heterocycles. The number of benzene rings is 2. The van der Waals surface area contributed by atoms with Gasteiger partial charge in [0.15, 0.2) is 0 Å². The fourth-order valence-electron chi connectivity index (χ4n) is 3.44. The molecule has 0 spiro atoms. The molecule has 1 N–H and O–H groups in total. The Morgan fingerprint density at radius 2 is 1.96 bits per heavy atom. The first-order valence-corrected chi connectivity index (χ1v) is 8.83. The standard InChI is InChI=1S/C21H25NO3/c1-4-21(5-2)14-18(17-11-6-7-12-19(17)25-21)22-20(23)15-9-8-10-16(13-15)24-3/h6-13,18H,4-5,14H2,1-3H3,(H,22,23)/t18-/m0/s1. The first-order chi connectivity index (χ1) is 12.1. The summed E-state index contributed by atoms with van der Waals surface area (Å²) in [5.74, 6) is 1.45. The van der Waals surface area contributed by atoms with Crippen LogP contribution in [0.5, 0.6) is 11.5 Å². The minimum Gasteiger partial charge on any atom is -0.497 e. The minimum atomic E-state index is -0.235. The zero-order valence-electron chi connectivity index (χ0n) is 15.0. The highest BCUT2D eigenvalue weighted by Crippen LogP contribution is 2.42. The normalized spacial score (nSPS) is 18.0. The third kappa shape index (κ3) is 3.48. The summed E-state index contributed by atoms with van der Waals surface area (Å²) in [5, 5.41) is 3.19. The van der Waals surface area contributed by atoms with Crippen LogP contribution in [0.25, 0.3) is 0 Å². The van der Waals surface area contributed by atoms with Gasteiger partial charge in [0.05, 0.1) is 13.2 Å². The van der Waals surface area contributed by atoms with E-state index in [0.717, 1.165) is 30.6 Å². The molecule has 0 fully saturated rings. The van der Waals surface area contributed by atoms with Gasteiger partial charge in [-0.2, -0.15) is 0 Å². The van der Waals surface area contributed by atoms with Crippen molar-refractivity contribution in [3.05, 3.63) is 59.7 Å². The van der Waals surface area contributed by atoms with E-state index in [4.69, 9.17) is 9.47 Å². The van der Waals surface area contributed by atoms with Gasteiger partial charge in [0.2, 0.25) is 0 Å². The van der Waals surface area contributed by atoms with Crippen molar-refractivity contribution < 1.29 is 14.3 Å². The molecular weight excluding hydrogens is 314 g/mol. The molecule has 2 aromatic rings. The molecule has 0 radical (unpaired) electrons. The molecule has 0 unspecified atom stereocenters. The fourth-order valence-corrected chi connectivity index (χ4v) is 3.44. The average molecular weight is 339 g/mol. The van der Waals surface area contributed by atoms with E-state index in [-0.39, 0.29) is 17.6 Å². The number of methoxy groups -OCH3 is 1. The van der Waals surface area contributed by atoms with Crippen LogP contribution in [0.2, 0.25) is 0 Å². The van der Waals surface area contributed by atoms with Gasteiger partial charge >= 0.3 is 0 Å². The summed E-state index contributed by atoms with van der Waals surface area (Å²) in [6.07, 6.45) is 2.58. The highest BCUT2D eigenvalue weighted by Gasteiger charge is 2.38. The summed E-state index contributed by atoms with van der Waals surface area (Å²) in [4.78, 5) is 12.8. The Balaban J connectivity index is 1.88. The van der Waals surface area contributed by atoms with E-state index >= 15 is 0 Å². The fraction of sp³-hybridized carbons (Fsp3) is 0.381. The van der Waals surface area contributed by atoms with Crippen LogP contribution >= 0.6 is 0 Å². The van der Waals surface area contributed by atoms with Crippen molar-refractivity contribution in [3.8, 4) is 11.5 Å². The molecule has 2 aromatic carbocycles. The van der Waals surface area contributed by atoms with Crippen LogP contribution in [0.15, 0.2) is 48.5 Å². The smallest absolute Gasteiger partial charge is 0.251 e. The van der Waals surface area contributed by atoms with Gasteiger partial charge in [0, 0.05) is 17.5 Å². The number of ether oxygens (including phenoxy) is 2. The van der Waals surface area contributed by atoms with Crippen LogP contribution in [0.4, 0.5) is 0 Å². The number of nitrogens with one attached hydrogen (secondary N) is 1. The number of carbonyl (C=O) groups is 1. The Hall–Kier alpha value is -2.49. The first-order valence-electron chi connectivity index (χ1n) is 8.83. The number of rotatable bonds is 5. The van der Waals surface area contributed by atoms with Crippen molar-refractivity contribution >= 4 is 5.91 Å². The molecule has 0 saturated carbocycles. The molecule has 0 aliphatic carbocycles. The summed E-state index contributed by atoms with van der Waals surface area (Å²) in [6, 6.07) is 15.1. The zero-order chi connectivity index (χ0) is 17.9. The van der Waals surface area contributed by atoms with Gasteiger partial charge in [-0.25, -0.2) is 0 Å². The summed E-state index contributed by atoms with van der Waals surface area (Å²) in [5.41, 5.74) is 1.40. The van der Waals surface area contributed by atoms with E-state index in [1.54, 1.807) is 19.2 Å². The van der Waals surface area contributed by atoms with Gasteiger partial charge in [-0.3, -0.25) is 4.79 Å². The molecular formula is C21H25NO3. The Labute approximate surface area is 149 Å². The van der Waals surface area contributed by atoms with Crippen LogP contribution in [0.1, 0.15) is 55.1 Å². The Morgan fingerprint density at radius 1 is 1.20 bits per heavy atom. The highest BCUT2D eigenvalue weighted by atomic mass is 16.5. The summed E-state index contributed by atoms with van der Waals surface area (Å²) >= 11 is 0. The monoisotopic (exact) mass is 339 g/mol. The number of carbonyl (C=O) groups excluding carboxylic acids is 1. The lowest BCUT2D eigenvalue weighted by Gasteiger charge is -2.41. The van der Waals surface area contributed by atoms with E-state index in [1.165, 1.54) is 0 Å². The maximum Gasteiger partial charge on any atom is 0.251 e. The van der Waals surface area contributed by atoms with Crippen molar-refractivity contribution in [1.82, 2.24) is 5.32 Å². The summed E-state index contributed by atoms with van der Waals surface area (Å²) < 4.78 is 11.5. The van der Waals surface area contributed by atoms with Crippen LogP contribution in [0.3, 0.4) is 0 Å². The lowest BCUT2D eigenvalue weighted by molar-refractivity contribution is 0.0227. The molecule has 0 bridgehead atoms.